The Balaban J connectivity index is 1.62. The van der Waals surface area contributed by atoms with Crippen LogP contribution in [0.1, 0.15) is 51.7 Å². The first-order chi connectivity index (χ1) is 17.7. The third kappa shape index (κ3) is 5.04. The SMILES string of the molecule is CC(C)C[C@@H](C(=O)N1C[C@]2(C[C@H]1C#N)C(=O)Nc1ccccc12)N(C(=O)OCc1ccccc1)C(C)C. The van der Waals surface area contributed by atoms with Gasteiger partial charge in [0.1, 0.15) is 18.7 Å². The number of carbonyl (C=O) groups excluding carboxylic acids is 3. The van der Waals surface area contributed by atoms with Gasteiger partial charge in [-0.05, 0) is 43.4 Å². The number of ether oxygens (including phenoxy) is 1. The van der Waals surface area contributed by atoms with Gasteiger partial charge in [-0.2, -0.15) is 5.26 Å². The lowest BCUT2D eigenvalue weighted by Crippen LogP contribution is -2.55. The predicted molar refractivity (Wildman–Crippen MR) is 139 cm³/mol. The lowest BCUT2D eigenvalue weighted by atomic mass is 9.80. The second-order valence-corrected chi connectivity index (χ2v) is 10.6. The van der Waals surface area contributed by atoms with Gasteiger partial charge in [0, 0.05) is 24.7 Å². The molecule has 0 bridgehead atoms. The van der Waals surface area contributed by atoms with Gasteiger partial charge in [0.25, 0.3) is 0 Å². The molecule has 3 amide bonds. The van der Waals surface area contributed by atoms with Crippen LogP contribution >= 0.6 is 0 Å². The van der Waals surface area contributed by atoms with E-state index in [1.807, 2.05) is 82.3 Å². The summed E-state index contributed by atoms with van der Waals surface area (Å²) in [5, 5.41) is 12.9. The molecule has 8 nitrogen and oxygen atoms in total. The highest BCUT2D eigenvalue weighted by Gasteiger charge is 2.57. The first-order valence-electron chi connectivity index (χ1n) is 12.8. The summed E-state index contributed by atoms with van der Waals surface area (Å²) in [6, 6.07) is 17.1. The van der Waals surface area contributed by atoms with Gasteiger partial charge >= 0.3 is 6.09 Å². The highest BCUT2D eigenvalue weighted by Crippen LogP contribution is 2.46. The number of para-hydroxylation sites is 1. The van der Waals surface area contributed by atoms with E-state index >= 15 is 0 Å². The van der Waals surface area contributed by atoms with E-state index in [4.69, 9.17) is 4.74 Å². The van der Waals surface area contributed by atoms with Gasteiger partial charge in [-0.3, -0.25) is 14.5 Å². The van der Waals surface area contributed by atoms with Crippen LogP contribution in [0, 0.1) is 17.2 Å². The van der Waals surface area contributed by atoms with E-state index in [0.717, 1.165) is 11.1 Å². The molecule has 1 saturated heterocycles. The summed E-state index contributed by atoms with van der Waals surface area (Å²) in [7, 11) is 0. The van der Waals surface area contributed by atoms with Crippen LogP contribution in [0.2, 0.25) is 0 Å². The number of anilines is 1. The van der Waals surface area contributed by atoms with Gasteiger partial charge in [-0.25, -0.2) is 4.79 Å². The second kappa shape index (κ2) is 10.6. The standard InChI is InChI=1S/C29H34N4O4/c1-19(2)14-25(33(20(3)4)28(36)37-17-21-10-6-5-7-11-21)26(34)32-18-29(15-22(32)16-30)23-12-8-9-13-24(23)31-27(29)35/h5-13,19-20,22,25H,14-15,17-18H2,1-4H3,(H,31,35)/t22-,25-,29-/m0/s1. The molecule has 37 heavy (non-hydrogen) atoms. The van der Waals surface area contributed by atoms with Crippen molar-refractivity contribution in [2.75, 3.05) is 11.9 Å². The molecule has 2 aromatic carbocycles. The van der Waals surface area contributed by atoms with Gasteiger partial charge in [0.05, 0.1) is 11.5 Å². The number of rotatable bonds is 7. The number of fused-ring (bicyclic) bond motifs is 2. The molecule has 0 aromatic heterocycles. The second-order valence-electron chi connectivity index (χ2n) is 10.6. The Morgan fingerprint density at radius 2 is 1.81 bits per heavy atom. The average molecular weight is 503 g/mol. The van der Waals surface area contributed by atoms with E-state index in [2.05, 4.69) is 11.4 Å². The number of hydrogen-bond acceptors (Lipinski definition) is 5. The van der Waals surface area contributed by atoms with Crippen LogP contribution in [-0.2, 0) is 26.3 Å². The van der Waals surface area contributed by atoms with Crippen LogP contribution in [0.5, 0.6) is 0 Å². The summed E-state index contributed by atoms with van der Waals surface area (Å²) >= 11 is 0. The molecule has 0 saturated carbocycles. The lowest BCUT2D eigenvalue weighted by Gasteiger charge is -2.37. The van der Waals surface area contributed by atoms with E-state index in [1.165, 1.54) is 9.80 Å². The monoisotopic (exact) mass is 502 g/mol. The first kappa shape index (κ1) is 26.2. The topological polar surface area (TPSA) is 103 Å². The van der Waals surface area contributed by atoms with Crippen molar-refractivity contribution in [2.24, 2.45) is 5.92 Å². The molecular formula is C29H34N4O4. The molecule has 1 N–H and O–H groups in total. The van der Waals surface area contributed by atoms with Crippen molar-refractivity contribution < 1.29 is 19.1 Å². The molecule has 2 aliphatic heterocycles. The Labute approximate surface area is 218 Å². The van der Waals surface area contributed by atoms with Crippen LogP contribution in [0.15, 0.2) is 54.6 Å². The Morgan fingerprint density at radius 1 is 1.14 bits per heavy atom. The fourth-order valence-corrected chi connectivity index (χ4v) is 5.45. The number of likely N-dealkylation sites (tertiary alicyclic amines) is 1. The largest absolute Gasteiger partial charge is 0.445 e. The summed E-state index contributed by atoms with van der Waals surface area (Å²) in [5.74, 6) is -0.433. The Kier molecular flexibility index (Phi) is 7.53. The number of carbonyl (C=O) groups is 3. The minimum atomic E-state index is -0.981. The Morgan fingerprint density at radius 3 is 2.46 bits per heavy atom. The minimum absolute atomic E-state index is 0.0898. The molecular weight excluding hydrogens is 468 g/mol. The number of hydrogen-bond donors (Lipinski definition) is 1. The van der Waals surface area contributed by atoms with E-state index < -0.39 is 23.6 Å². The number of nitrogens with one attached hydrogen (secondary N) is 1. The molecule has 194 valence electrons. The van der Waals surface area contributed by atoms with Crippen molar-refractivity contribution in [3.63, 3.8) is 0 Å². The fourth-order valence-electron chi connectivity index (χ4n) is 5.45. The minimum Gasteiger partial charge on any atom is -0.445 e. The predicted octanol–water partition coefficient (Wildman–Crippen LogP) is 4.46. The Bertz CT molecular complexity index is 1210. The summed E-state index contributed by atoms with van der Waals surface area (Å²) in [5.41, 5.74) is 1.39. The maximum Gasteiger partial charge on any atom is 0.411 e. The fraction of sp³-hybridized carbons (Fsp3) is 0.448. The zero-order chi connectivity index (χ0) is 26.7. The maximum atomic E-state index is 14.1. The van der Waals surface area contributed by atoms with Crippen molar-refractivity contribution in [2.45, 2.75) is 70.7 Å². The maximum absolute atomic E-state index is 14.1. The molecule has 4 rings (SSSR count). The number of amides is 3. The van der Waals surface area contributed by atoms with Crippen LogP contribution in [0.4, 0.5) is 10.5 Å². The van der Waals surface area contributed by atoms with E-state index in [9.17, 15) is 19.6 Å². The van der Waals surface area contributed by atoms with Crippen molar-refractivity contribution in [3.8, 4) is 6.07 Å². The first-order valence-corrected chi connectivity index (χ1v) is 12.8. The van der Waals surface area contributed by atoms with E-state index in [0.29, 0.717) is 12.1 Å². The molecule has 0 unspecified atom stereocenters. The van der Waals surface area contributed by atoms with Crippen LogP contribution in [0.3, 0.4) is 0 Å². The smallest absolute Gasteiger partial charge is 0.411 e. The van der Waals surface area contributed by atoms with Gasteiger partial charge in [-0.15, -0.1) is 0 Å². The lowest BCUT2D eigenvalue weighted by molar-refractivity contribution is -0.138. The third-order valence-electron chi connectivity index (χ3n) is 7.20. The molecule has 2 aliphatic rings. The molecule has 1 spiro atoms. The molecule has 1 fully saturated rings. The van der Waals surface area contributed by atoms with Crippen molar-refractivity contribution in [1.29, 1.82) is 5.26 Å². The van der Waals surface area contributed by atoms with Crippen LogP contribution < -0.4 is 5.32 Å². The van der Waals surface area contributed by atoms with Gasteiger partial charge in [-0.1, -0.05) is 62.4 Å². The highest BCUT2D eigenvalue weighted by atomic mass is 16.6. The summed E-state index contributed by atoms with van der Waals surface area (Å²) in [6.45, 7) is 7.85. The van der Waals surface area contributed by atoms with Gasteiger partial charge < -0.3 is 15.0 Å². The van der Waals surface area contributed by atoms with Crippen LogP contribution in [0.25, 0.3) is 0 Å². The highest BCUT2D eigenvalue weighted by molar-refractivity contribution is 6.07. The van der Waals surface area contributed by atoms with Gasteiger partial charge in [0.15, 0.2) is 0 Å². The average Bonchev–Trinajstić information content (AvgIpc) is 3.40. The normalized spacial score (nSPS) is 21.1. The zero-order valence-corrected chi connectivity index (χ0v) is 21.8. The summed E-state index contributed by atoms with van der Waals surface area (Å²) in [6.07, 6.45) is 0.0401. The summed E-state index contributed by atoms with van der Waals surface area (Å²) in [4.78, 5) is 43.6. The summed E-state index contributed by atoms with van der Waals surface area (Å²) < 4.78 is 5.62. The number of benzene rings is 2. The van der Waals surface area contributed by atoms with Crippen molar-refractivity contribution in [1.82, 2.24) is 9.80 Å². The molecule has 2 heterocycles. The van der Waals surface area contributed by atoms with E-state index in [1.54, 1.807) is 0 Å². The quantitative estimate of drug-likeness (QED) is 0.602. The molecule has 0 radical (unpaired) electrons. The van der Waals surface area contributed by atoms with Crippen molar-refractivity contribution >= 4 is 23.6 Å². The number of nitrogens with zero attached hydrogens (tertiary/aromatic N) is 3. The zero-order valence-electron chi connectivity index (χ0n) is 21.8. The molecule has 8 heteroatoms. The Hall–Kier alpha value is -3.86. The molecule has 0 aliphatic carbocycles. The third-order valence-corrected chi connectivity index (χ3v) is 7.20. The van der Waals surface area contributed by atoms with Gasteiger partial charge in [0.2, 0.25) is 11.8 Å². The van der Waals surface area contributed by atoms with Crippen LogP contribution in [-0.4, -0.2) is 52.4 Å². The number of nitriles is 1. The van der Waals surface area contributed by atoms with E-state index in [-0.39, 0.29) is 43.3 Å². The molecule has 3 atom stereocenters. The molecule has 2 aromatic rings. The van der Waals surface area contributed by atoms with Crippen molar-refractivity contribution in [3.05, 3.63) is 65.7 Å².